The maximum atomic E-state index is 11.3. The van der Waals surface area contributed by atoms with Crippen LogP contribution >= 0.6 is 0 Å². The van der Waals surface area contributed by atoms with Crippen LogP contribution in [0.4, 0.5) is 0 Å². The summed E-state index contributed by atoms with van der Waals surface area (Å²) < 4.78 is 34.6. The molecule has 3 atom stereocenters. The van der Waals surface area contributed by atoms with E-state index in [1.54, 1.807) is 0 Å². The Morgan fingerprint density at radius 2 is 1.74 bits per heavy atom. The zero-order valence-corrected chi connectivity index (χ0v) is 22.9. The molecule has 2 aliphatic carbocycles. The van der Waals surface area contributed by atoms with Gasteiger partial charge in [-0.3, -0.25) is 4.79 Å². The molecule has 0 bridgehead atoms. The van der Waals surface area contributed by atoms with Crippen LogP contribution in [-0.4, -0.2) is 38.1 Å². The Kier molecular flexibility index (Phi) is 7.23. The van der Waals surface area contributed by atoms with Crippen LogP contribution in [0, 0.1) is 19.8 Å². The number of carboxylic acid groups (broad SMARTS) is 1. The van der Waals surface area contributed by atoms with Crippen molar-refractivity contribution < 1.29 is 27.8 Å². The fourth-order valence-electron chi connectivity index (χ4n) is 5.96. The van der Waals surface area contributed by atoms with Crippen LogP contribution in [0.25, 0.3) is 11.1 Å². The van der Waals surface area contributed by atoms with Crippen LogP contribution in [0.1, 0.15) is 58.9 Å². The van der Waals surface area contributed by atoms with Gasteiger partial charge in [-0.15, -0.1) is 0 Å². The van der Waals surface area contributed by atoms with Gasteiger partial charge in [0.05, 0.1) is 18.8 Å². The summed E-state index contributed by atoms with van der Waals surface area (Å²) in [7, 11) is -2.98. The number of hydrogen-bond donors (Lipinski definition) is 1. The van der Waals surface area contributed by atoms with Gasteiger partial charge in [0, 0.05) is 6.26 Å². The van der Waals surface area contributed by atoms with Gasteiger partial charge in [0.25, 0.3) is 0 Å². The standard InChI is InChI=1S/C31H34O6S/c1-19-12-24(36-10-5-11-38(3,34)35)13-20(2)31(19)22-7-4-6-21(14-22)18-37-23-8-9-25-26(15-23)27-16-28(27)29(25)17-30(32)33/h4,6-9,12-15,27-29H,5,10-11,16-18H2,1-3H3,(H,32,33)/t27?,28-,29-/m0/s1. The van der Waals surface area contributed by atoms with Crippen LogP contribution < -0.4 is 9.47 Å². The Labute approximate surface area is 224 Å². The molecule has 200 valence electrons. The summed E-state index contributed by atoms with van der Waals surface area (Å²) in [6.07, 6.45) is 2.99. The second kappa shape index (κ2) is 10.4. The fraction of sp³-hybridized carbons (Fsp3) is 0.387. The van der Waals surface area contributed by atoms with Crippen LogP contribution in [0.15, 0.2) is 54.6 Å². The first kappa shape index (κ1) is 26.3. The number of carbonyl (C=O) groups is 1. The molecule has 0 aliphatic heterocycles. The van der Waals surface area contributed by atoms with E-state index in [1.807, 2.05) is 24.3 Å². The first-order chi connectivity index (χ1) is 18.1. The lowest BCUT2D eigenvalue weighted by Gasteiger charge is -2.16. The molecule has 3 aromatic rings. The number of carboxylic acids is 1. The molecule has 2 aliphatic rings. The molecule has 3 aromatic carbocycles. The van der Waals surface area contributed by atoms with Crippen molar-refractivity contribution >= 4 is 15.8 Å². The number of aliphatic carboxylic acids is 1. The molecular weight excluding hydrogens is 500 g/mol. The second-order valence-corrected chi connectivity index (χ2v) is 13.0. The molecular formula is C31H34O6S. The van der Waals surface area contributed by atoms with E-state index in [1.165, 1.54) is 17.4 Å². The molecule has 1 N–H and O–H groups in total. The molecule has 1 fully saturated rings. The van der Waals surface area contributed by atoms with Crippen molar-refractivity contribution in [3.63, 3.8) is 0 Å². The normalized spacial score (nSPS) is 19.5. The average molecular weight is 535 g/mol. The van der Waals surface area contributed by atoms with E-state index in [0.29, 0.717) is 31.5 Å². The van der Waals surface area contributed by atoms with E-state index in [-0.39, 0.29) is 18.1 Å². The van der Waals surface area contributed by atoms with Crippen molar-refractivity contribution in [2.75, 3.05) is 18.6 Å². The number of hydrogen-bond acceptors (Lipinski definition) is 5. The fourth-order valence-corrected chi connectivity index (χ4v) is 6.60. The lowest BCUT2D eigenvalue weighted by Crippen LogP contribution is -2.08. The zero-order chi connectivity index (χ0) is 27.0. The van der Waals surface area contributed by atoms with Gasteiger partial charge < -0.3 is 14.6 Å². The number of fused-ring (bicyclic) bond motifs is 3. The molecule has 0 spiro atoms. The van der Waals surface area contributed by atoms with Crippen molar-refractivity contribution in [1.82, 2.24) is 0 Å². The lowest BCUT2D eigenvalue weighted by atomic mass is 9.93. The molecule has 7 heteroatoms. The smallest absolute Gasteiger partial charge is 0.303 e. The summed E-state index contributed by atoms with van der Waals surface area (Å²) in [6.45, 7) is 4.92. The third-order valence-corrected chi connectivity index (χ3v) is 8.69. The summed E-state index contributed by atoms with van der Waals surface area (Å²) in [5.41, 5.74) is 7.95. The minimum absolute atomic E-state index is 0.121. The van der Waals surface area contributed by atoms with Gasteiger partial charge in [-0.2, -0.15) is 0 Å². The minimum Gasteiger partial charge on any atom is -0.494 e. The second-order valence-electron chi connectivity index (χ2n) is 10.8. The van der Waals surface area contributed by atoms with Crippen molar-refractivity contribution in [3.05, 3.63) is 82.4 Å². The minimum atomic E-state index is -2.98. The molecule has 38 heavy (non-hydrogen) atoms. The van der Waals surface area contributed by atoms with E-state index >= 15 is 0 Å². The number of rotatable bonds is 11. The summed E-state index contributed by atoms with van der Waals surface area (Å²) in [4.78, 5) is 11.3. The first-order valence-electron chi connectivity index (χ1n) is 13.1. The zero-order valence-electron chi connectivity index (χ0n) is 22.1. The molecule has 0 radical (unpaired) electrons. The highest BCUT2D eigenvalue weighted by molar-refractivity contribution is 7.90. The molecule has 5 rings (SSSR count). The molecule has 1 unspecified atom stereocenters. The van der Waals surface area contributed by atoms with Gasteiger partial charge in [0.2, 0.25) is 0 Å². The number of benzene rings is 3. The van der Waals surface area contributed by atoms with Crippen LogP contribution in [-0.2, 0) is 21.2 Å². The van der Waals surface area contributed by atoms with Crippen molar-refractivity contribution in [2.45, 2.75) is 51.6 Å². The number of sulfone groups is 1. The van der Waals surface area contributed by atoms with E-state index in [9.17, 15) is 18.3 Å². The van der Waals surface area contributed by atoms with Gasteiger partial charge >= 0.3 is 5.97 Å². The third kappa shape index (κ3) is 5.88. The van der Waals surface area contributed by atoms with Gasteiger partial charge in [0.1, 0.15) is 27.9 Å². The molecule has 0 aromatic heterocycles. The highest BCUT2D eigenvalue weighted by Crippen LogP contribution is 2.64. The number of aryl methyl sites for hydroxylation is 2. The first-order valence-corrected chi connectivity index (χ1v) is 15.1. The van der Waals surface area contributed by atoms with E-state index < -0.39 is 15.8 Å². The lowest BCUT2D eigenvalue weighted by molar-refractivity contribution is -0.137. The van der Waals surface area contributed by atoms with Crippen LogP contribution in [0.2, 0.25) is 0 Å². The molecule has 0 amide bonds. The summed E-state index contributed by atoms with van der Waals surface area (Å²) in [5, 5.41) is 9.27. The molecule has 0 heterocycles. The molecule has 6 nitrogen and oxygen atoms in total. The maximum Gasteiger partial charge on any atom is 0.303 e. The highest BCUT2D eigenvalue weighted by Gasteiger charge is 2.52. The van der Waals surface area contributed by atoms with Crippen LogP contribution in [0.3, 0.4) is 0 Å². The Hall–Kier alpha value is -3.32. The average Bonchev–Trinajstić information content (AvgIpc) is 3.58. The van der Waals surface area contributed by atoms with Crippen LogP contribution in [0.5, 0.6) is 11.5 Å². The quantitative estimate of drug-likeness (QED) is 0.302. The summed E-state index contributed by atoms with van der Waals surface area (Å²) >= 11 is 0. The SMILES string of the molecule is Cc1cc(OCCCS(C)(=O)=O)cc(C)c1-c1cccc(COc2ccc3c(c2)C2C[C@@H]2[C@H]3CC(=O)O)c1. The summed E-state index contributed by atoms with van der Waals surface area (Å²) in [6, 6.07) is 18.5. The van der Waals surface area contributed by atoms with Crippen molar-refractivity contribution in [3.8, 4) is 22.6 Å². The third-order valence-electron chi connectivity index (χ3n) is 7.66. The summed E-state index contributed by atoms with van der Waals surface area (Å²) in [5.74, 6) is 2.05. The predicted octanol–water partition coefficient (Wildman–Crippen LogP) is 6.04. The van der Waals surface area contributed by atoms with Crippen molar-refractivity contribution in [1.29, 1.82) is 0 Å². The van der Waals surface area contributed by atoms with Gasteiger partial charge in [-0.05, 0) is 114 Å². The topological polar surface area (TPSA) is 89.9 Å². The Bertz CT molecular complexity index is 1450. The predicted molar refractivity (Wildman–Crippen MR) is 148 cm³/mol. The maximum absolute atomic E-state index is 11.3. The Balaban J connectivity index is 1.25. The molecule has 0 saturated heterocycles. The van der Waals surface area contributed by atoms with Gasteiger partial charge in [0.15, 0.2) is 0 Å². The largest absolute Gasteiger partial charge is 0.494 e. The van der Waals surface area contributed by atoms with E-state index in [0.717, 1.165) is 45.7 Å². The van der Waals surface area contributed by atoms with Gasteiger partial charge in [-0.1, -0.05) is 24.3 Å². The van der Waals surface area contributed by atoms with E-state index in [4.69, 9.17) is 9.47 Å². The molecule has 1 saturated carbocycles. The number of ether oxygens (including phenoxy) is 2. The Morgan fingerprint density at radius 3 is 2.45 bits per heavy atom. The van der Waals surface area contributed by atoms with E-state index in [2.05, 4.69) is 44.2 Å². The van der Waals surface area contributed by atoms with Crippen molar-refractivity contribution in [2.24, 2.45) is 5.92 Å². The van der Waals surface area contributed by atoms with Gasteiger partial charge in [-0.25, -0.2) is 8.42 Å². The Morgan fingerprint density at radius 1 is 0.974 bits per heavy atom. The monoisotopic (exact) mass is 534 g/mol. The highest BCUT2D eigenvalue weighted by atomic mass is 32.2.